The minimum atomic E-state index is 0. The lowest BCUT2D eigenvalue weighted by molar-refractivity contribution is 0.239. The molecule has 0 spiro atoms. The van der Waals surface area contributed by atoms with Crippen molar-refractivity contribution < 1.29 is 4.74 Å². The fourth-order valence-electron chi connectivity index (χ4n) is 3.33. The van der Waals surface area contributed by atoms with E-state index in [9.17, 15) is 0 Å². The average Bonchev–Trinajstić information content (AvgIpc) is 2.62. The van der Waals surface area contributed by atoms with Gasteiger partial charge in [-0.2, -0.15) is 0 Å². The summed E-state index contributed by atoms with van der Waals surface area (Å²) < 4.78 is 5.97. The van der Waals surface area contributed by atoms with Crippen LogP contribution in [0.25, 0.3) is 11.3 Å². The highest BCUT2D eigenvalue weighted by atomic mass is 35.5. The molecule has 0 saturated carbocycles. The van der Waals surface area contributed by atoms with Crippen LogP contribution in [0.2, 0.25) is 0 Å². The standard InChI is InChI=1S/C21H30N4O.2ClH/c1-14(2)18-11-16(5-6-20(18)26-15(3)4)19-12-21(24-13-23-19)25-9-7-17(22)8-10-25;;/h5-6,11-15,17H,7-10,22H2,1-4H3;2*1H. The summed E-state index contributed by atoms with van der Waals surface area (Å²) in [6, 6.07) is 8.74. The maximum atomic E-state index is 6.02. The number of aromatic nitrogens is 2. The molecule has 1 fully saturated rings. The zero-order chi connectivity index (χ0) is 18.7. The van der Waals surface area contributed by atoms with Crippen molar-refractivity contribution in [3.05, 3.63) is 36.2 Å². The van der Waals surface area contributed by atoms with E-state index in [-0.39, 0.29) is 30.9 Å². The summed E-state index contributed by atoms with van der Waals surface area (Å²) in [5.74, 6) is 2.32. The largest absolute Gasteiger partial charge is 0.491 e. The normalized spacial score (nSPS) is 14.6. The molecule has 28 heavy (non-hydrogen) atoms. The molecule has 3 rings (SSSR count). The Bertz CT molecular complexity index is 747. The number of nitrogens with zero attached hydrogens (tertiary/aromatic N) is 3. The quantitative estimate of drug-likeness (QED) is 0.741. The second kappa shape index (κ2) is 10.8. The second-order valence-electron chi connectivity index (χ2n) is 7.66. The van der Waals surface area contributed by atoms with Crippen molar-refractivity contribution in [2.75, 3.05) is 18.0 Å². The van der Waals surface area contributed by atoms with Crippen molar-refractivity contribution >= 4 is 30.6 Å². The van der Waals surface area contributed by atoms with Crippen LogP contribution >= 0.6 is 24.8 Å². The zero-order valence-electron chi connectivity index (χ0n) is 17.1. The van der Waals surface area contributed by atoms with Crippen LogP contribution in [0, 0.1) is 0 Å². The number of hydrogen-bond acceptors (Lipinski definition) is 5. The van der Waals surface area contributed by atoms with Crippen LogP contribution in [-0.4, -0.2) is 35.2 Å². The number of piperidine rings is 1. The highest BCUT2D eigenvalue weighted by Gasteiger charge is 2.18. The number of nitrogens with two attached hydrogens (primary N) is 1. The number of anilines is 1. The molecule has 0 unspecified atom stereocenters. The molecule has 0 radical (unpaired) electrons. The first-order chi connectivity index (χ1) is 12.4. The lowest BCUT2D eigenvalue weighted by Crippen LogP contribution is -2.40. The first-order valence-corrected chi connectivity index (χ1v) is 9.57. The van der Waals surface area contributed by atoms with E-state index < -0.39 is 0 Å². The molecule has 0 bridgehead atoms. The lowest BCUT2D eigenvalue weighted by atomic mass is 9.98. The van der Waals surface area contributed by atoms with Gasteiger partial charge in [-0.15, -0.1) is 24.8 Å². The van der Waals surface area contributed by atoms with Crippen molar-refractivity contribution in [3.8, 4) is 17.0 Å². The Labute approximate surface area is 180 Å². The SMILES string of the molecule is CC(C)Oc1ccc(-c2cc(N3CCC(N)CC3)ncn2)cc1C(C)C.Cl.Cl. The van der Waals surface area contributed by atoms with E-state index in [1.165, 1.54) is 5.56 Å². The average molecular weight is 427 g/mol. The first kappa shape index (κ1) is 24.5. The number of ether oxygens (including phenoxy) is 1. The molecule has 0 amide bonds. The smallest absolute Gasteiger partial charge is 0.132 e. The highest BCUT2D eigenvalue weighted by molar-refractivity contribution is 5.85. The van der Waals surface area contributed by atoms with Crippen LogP contribution in [-0.2, 0) is 0 Å². The molecule has 1 aromatic heterocycles. The molecule has 1 aliphatic heterocycles. The van der Waals surface area contributed by atoms with Crippen LogP contribution in [0.4, 0.5) is 5.82 Å². The molecule has 7 heteroatoms. The van der Waals surface area contributed by atoms with Crippen LogP contribution in [0.5, 0.6) is 5.75 Å². The minimum absolute atomic E-state index is 0. The number of hydrogen-bond donors (Lipinski definition) is 1. The monoisotopic (exact) mass is 426 g/mol. The van der Waals surface area contributed by atoms with Gasteiger partial charge in [-0.1, -0.05) is 13.8 Å². The summed E-state index contributed by atoms with van der Waals surface area (Å²) in [4.78, 5) is 11.3. The van der Waals surface area contributed by atoms with Gasteiger partial charge in [0, 0.05) is 30.8 Å². The van der Waals surface area contributed by atoms with E-state index in [1.807, 2.05) is 0 Å². The second-order valence-corrected chi connectivity index (χ2v) is 7.66. The van der Waals surface area contributed by atoms with Gasteiger partial charge in [0.2, 0.25) is 0 Å². The van der Waals surface area contributed by atoms with Crippen molar-refractivity contribution in [1.82, 2.24) is 9.97 Å². The van der Waals surface area contributed by atoms with Gasteiger partial charge in [-0.05, 0) is 56.4 Å². The molecule has 2 aromatic rings. The van der Waals surface area contributed by atoms with E-state index >= 15 is 0 Å². The van der Waals surface area contributed by atoms with E-state index in [2.05, 4.69) is 66.8 Å². The topological polar surface area (TPSA) is 64.3 Å². The molecule has 0 aliphatic carbocycles. The molecular formula is C21H32Cl2N4O. The summed E-state index contributed by atoms with van der Waals surface area (Å²) in [6.07, 6.45) is 3.85. The van der Waals surface area contributed by atoms with Gasteiger partial charge < -0.3 is 15.4 Å². The van der Waals surface area contributed by atoms with E-state index in [0.717, 1.165) is 48.8 Å². The van der Waals surface area contributed by atoms with Gasteiger partial charge in [-0.3, -0.25) is 0 Å². The number of benzene rings is 1. The molecule has 5 nitrogen and oxygen atoms in total. The minimum Gasteiger partial charge on any atom is -0.491 e. The van der Waals surface area contributed by atoms with Gasteiger partial charge >= 0.3 is 0 Å². The van der Waals surface area contributed by atoms with Crippen LogP contribution in [0.15, 0.2) is 30.6 Å². The lowest BCUT2D eigenvalue weighted by Gasteiger charge is -2.31. The van der Waals surface area contributed by atoms with Gasteiger partial charge in [0.15, 0.2) is 0 Å². The summed E-state index contributed by atoms with van der Waals surface area (Å²) in [5.41, 5.74) is 9.27. The van der Waals surface area contributed by atoms with Crippen molar-refractivity contribution in [1.29, 1.82) is 0 Å². The van der Waals surface area contributed by atoms with Gasteiger partial charge in [-0.25, -0.2) is 9.97 Å². The Morgan fingerprint density at radius 2 is 1.71 bits per heavy atom. The summed E-state index contributed by atoms with van der Waals surface area (Å²) in [7, 11) is 0. The third-order valence-electron chi connectivity index (χ3n) is 4.81. The number of halogens is 2. The van der Waals surface area contributed by atoms with E-state index in [0.29, 0.717) is 12.0 Å². The maximum absolute atomic E-state index is 6.02. The molecule has 1 aromatic carbocycles. The fraction of sp³-hybridized carbons (Fsp3) is 0.524. The molecule has 156 valence electrons. The van der Waals surface area contributed by atoms with E-state index in [4.69, 9.17) is 10.5 Å². The zero-order valence-corrected chi connectivity index (χ0v) is 18.7. The Balaban J connectivity index is 0.00000196. The van der Waals surface area contributed by atoms with Gasteiger partial charge in [0.25, 0.3) is 0 Å². The third kappa shape index (κ3) is 5.97. The van der Waals surface area contributed by atoms with Crippen LogP contribution in [0.1, 0.15) is 52.0 Å². The Morgan fingerprint density at radius 3 is 2.32 bits per heavy atom. The van der Waals surface area contributed by atoms with Crippen LogP contribution in [0.3, 0.4) is 0 Å². The van der Waals surface area contributed by atoms with E-state index in [1.54, 1.807) is 6.33 Å². The highest BCUT2D eigenvalue weighted by Crippen LogP contribution is 2.32. The predicted octanol–water partition coefficient (Wildman–Crippen LogP) is 4.83. The molecule has 0 atom stereocenters. The van der Waals surface area contributed by atoms with Crippen molar-refractivity contribution in [2.24, 2.45) is 5.73 Å². The Morgan fingerprint density at radius 1 is 1.04 bits per heavy atom. The Kier molecular flexibility index (Phi) is 9.48. The Hall–Kier alpha value is -1.56. The van der Waals surface area contributed by atoms with Crippen molar-refractivity contribution in [3.63, 3.8) is 0 Å². The van der Waals surface area contributed by atoms with Gasteiger partial charge in [0.05, 0.1) is 11.8 Å². The van der Waals surface area contributed by atoms with Crippen LogP contribution < -0.4 is 15.4 Å². The molecule has 2 heterocycles. The number of rotatable bonds is 5. The first-order valence-electron chi connectivity index (χ1n) is 9.57. The molecule has 1 saturated heterocycles. The van der Waals surface area contributed by atoms with Gasteiger partial charge in [0.1, 0.15) is 17.9 Å². The summed E-state index contributed by atoms with van der Waals surface area (Å²) >= 11 is 0. The maximum Gasteiger partial charge on any atom is 0.132 e. The molecular weight excluding hydrogens is 395 g/mol. The molecule has 2 N–H and O–H groups in total. The summed E-state index contributed by atoms with van der Waals surface area (Å²) in [5, 5.41) is 0. The predicted molar refractivity (Wildman–Crippen MR) is 121 cm³/mol. The summed E-state index contributed by atoms with van der Waals surface area (Å²) in [6.45, 7) is 10.4. The fourth-order valence-corrected chi connectivity index (χ4v) is 3.33. The molecule has 1 aliphatic rings. The third-order valence-corrected chi connectivity index (χ3v) is 4.81. The van der Waals surface area contributed by atoms with Crippen molar-refractivity contribution in [2.45, 2.75) is 58.6 Å².